The van der Waals surface area contributed by atoms with E-state index in [1.807, 2.05) is 0 Å². The minimum Gasteiger partial charge on any atom is -0.370 e. The fourth-order valence-electron chi connectivity index (χ4n) is 1.84. The smallest absolute Gasteiger partial charge is 0.132 e. The fraction of sp³-hybridized carbons (Fsp3) is 0.500. The standard InChI is InChI=1S/C12H14ClN3/c13-11-6-10(8-14)7-12(16-11)15-5-4-9-2-1-3-9/h6-7,9H,1-5H2,(H,15,16). The summed E-state index contributed by atoms with van der Waals surface area (Å²) in [6, 6.07) is 5.36. The predicted molar refractivity (Wildman–Crippen MR) is 64.4 cm³/mol. The Kier molecular flexibility index (Phi) is 3.63. The van der Waals surface area contributed by atoms with Gasteiger partial charge in [0.2, 0.25) is 0 Å². The predicted octanol–water partition coefficient (Wildman–Crippen LogP) is 3.21. The molecule has 0 amide bonds. The lowest BCUT2D eigenvalue weighted by molar-refractivity contribution is 0.303. The molecule has 1 aromatic rings. The largest absolute Gasteiger partial charge is 0.370 e. The van der Waals surface area contributed by atoms with E-state index in [4.69, 9.17) is 16.9 Å². The highest BCUT2D eigenvalue weighted by molar-refractivity contribution is 6.29. The van der Waals surface area contributed by atoms with Crippen LogP contribution < -0.4 is 5.32 Å². The number of nitriles is 1. The van der Waals surface area contributed by atoms with Crippen LogP contribution in [0.15, 0.2) is 12.1 Å². The molecular formula is C12H14ClN3. The molecule has 4 heteroatoms. The number of halogens is 1. The Labute approximate surface area is 100 Å². The first kappa shape index (κ1) is 11.2. The summed E-state index contributed by atoms with van der Waals surface area (Å²) in [5.74, 6) is 1.57. The summed E-state index contributed by atoms with van der Waals surface area (Å²) >= 11 is 5.81. The van der Waals surface area contributed by atoms with Crippen molar-refractivity contribution in [3.8, 4) is 6.07 Å². The lowest BCUT2D eigenvalue weighted by Gasteiger charge is -2.25. The first-order chi connectivity index (χ1) is 7.78. The molecule has 1 aliphatic rings. The molecular weight excluding hydrogens is 222 g/mol. The second kappa shape index (κ2) is 5.18. The molecule has 1 saturated carbocycles. The fourth-order valence-corrected chi connectivity index (χ4v) is 2.05. The van der Waals surface area contributed by atoms with Gasteiger partial charge in [0, 0.05) is 6.54 Å². The summed E-state index contributed by atoms with van der Waals surface area (Å²) in [4.78, 5) is 4.13. The van der Waals surface area contributed by atoms with Gasteiger partial charge in [-0.05, 0) is 24.5 Å². The zero-order valence-electron chi connectivity index (χ0n) is 9.04. The van der Waals surface area contributed by atoms with Crippen LogP contribution in [0.25, 0.3) is 0 Å². The summed E-state index contributed by atoms with van der Waals surface area (Å²) in [5, 5.41) is 12.4. The number of hydrogen-bond acceptors (Lipinski definition) is 3. The van der Waals surface area contributed by atoms with Crippen molar-refractivity contribution >= 4 is 17.4 Å². The molecule has 1 heterocycles. The van der Waals surface area contributed by atoms with Crippen molar-refractivity contribution in [3.63, 3.8) is 0 Å². The number of hydrogen-bond donors (Lipinski definition) is 1. The van der Waals surface area contributed by atoms with E-state index in [-0.39, 0.29) is 0 Å². The van der Waals surface area contributed by atoms with Crippen LogP contribution in [0.4, 0.5) is 5.82 Å². The second-order valence-corrected chi connectivity index (χ2v) is 4.58. The van der Waals surface area contributed by atoms with Gasteiger partial charge < -0.3 is 5.32 Å². The Bertz CT molecular complexity index is 407. The Morgan fingerprint density at radius 2 is 2.31 bits per heavy atom. The normalized spacial score (nSPS) is 15.2. The van der Waals surface area contributed by atoms with Crippen LogP contribution in [0.5, 0.6) is 0 Å². The van der Waals surface area contributed by atoms with Gasteiger partial charge in [-0.1, -0.05) is 30.9 Å². The maximum absolute atomic E-state index is 8.78. The van der Waals surface area contributed by atoms with Crippen molar-refractivity contribution in [2.75, 3.05) is 11.9 Å². The van der Waals surface area contributed by atoms with Crippen molar-refractivity contribution in [2.24, 2.45) is 5.92 Å². The van der Waals surface area contributed by atoms with E-state index in [0.717, 1.165) is 12.5 Å². The lowest BCUT2D eigenvalue weighted by atomic mass is 9.83. The third-order valence-electron chi connectivity index (χ3n) is 3.01. The molecule has 0 unspecified atom stereocenters. The average Bonchev–Trinajstić information content (AvgIpc) is 2.21. The van der Waals surface area contributed by atoms with Crippen molar-refractivity contribution in [3.05, 3.63) is 22.8 Å². The lowest BCUT2D eigenvalue weighted by Crippen LogP contribution is -2.16. The van der Waals surface area contributed by atoms with Gasteiger partial charge in [-0.2, -0.15) is 5.26 Å². The summed E-state index contributed by atoms with van der Waals surface area (Å²) < 4.78 is 0. The van der Waals surface area contributed by atoms with Crippen molar-refractivity contribution < 1.29 is 0 Å². The highest BCUT2D eigenvalue weighted by Gasteiger charge is 2.16. The van der Waals surface area contributed by atoms with Gasteiger partial charge in [0.25, 0.3) is 0 Å². The van der Waals surface area contributed by atoms with E-state index < -0.39 is 0 Å². The zero-order valence-corrected chi connectivity index (χ0v) is 9.80. The molecule has 0 atom stereocenters. The van der Waals surface area contributed by atoms with Crippen molar-refractivity contribution in [1.82, 2.24) is 4.98 Å². The van der Waals surface area contributed by atoms with Gasteiger partial charge in [-0.25, -0.2) is 4.98 Å². The molecule has 2 rings (SSSR count). The Morgan fingerprint density at radius 1 is 1.50 bits per heavy atom. The molecule has 0 saturated heterocycles. The topological polar surface area (TPSA) is 48.7 Å². The number of nitrogens with one attached hydrogen (secondary N) is 1. The monoisotopic (exact) mass is 235 g/mol. The van der Waals surface area contributed by atoms with Crippen LogP contribution in [0, 0.1) is 17.2 Å². The molecule has 1 fully saturated rings. The van der Waals surface area contributed by atoms with E-state index in [1.54, 1.807) is 12.1 Å². The second-order valence-electron chi connectivity index (χ2n) is 4.19. The van der Waals surface area contributed by atoms with Gasteiger partial charge in [-0.15, -0.1) is 0 Å². The van der Waals surface area contributed by atoms with Gasteiger partial charge in [0.15, 0.2) is 0 Å². The van der Waals surface area contributed by atoms with E-state index in [1.165, 1.54) is 25.7 Å². The van der Waals surface area contributed by atoms with Gasteiger partial charge in [0.1, 0.15) is 11.0 Å². The maximum Gasteiger partial charge on any atom is 0.132 e. The van der Waals surface area contributed by atoms with Crippen LogP contribution in [0.3, 0.4) is 0 Å². The first-order valence-electron chi connectivity index (χ1n) is 5.59. The average molecular weight is 236 g/mol. The summed E-state index contributed by atoms with van der Waals surface area (Å²) in [7, 11) is 0. The molecule has 0 aliphatic heterocycles. The zero-order chi connectivity index (χ0) is 11.4. The molecule has 84 valence electrons. The van der Waals surface area contributed by atoms with Crippen LogP contribution in [-0.2, 0) is 0 Å². The van der Waals surface area contributed by atoms with Crippen LogP contribution in [-0.4, -0.2) is 11.5 Å². The summed E-state index contributed by atoms with van der Waals surface area (Å²) in [6.07, 6.45) is 5.26. The summed E-state index contributed by atoms with van der Waals surface area (Å²) in [6.45, 7) is 0.906. The van der Waals surface area contributed by atoms with Crippen molar-refractivity contribution in [2.45, 2.75) is 25.7 Å². The number of rotatable bonds is 4. The Balaban J connectivity index is 1.88. The van der Waals surface area contributed by atoms with Gasteiger partial charge in [0.05, 0.1) is 11.6 Å². The molecule has 0 aromatic carbocycles. The minimum absolute atomic E-state index is 0.366. The Hall–Kier alpha value is -1.27. The quantitative estimate of drug-likeness (QED) is 0.816. The molecule has 0 radical (unpaired) electrons. The first-order valence-corrected chi connectivity index (χ1v) is 5.97. The number of pyridine rings is 1. The van der Waals surface area contributed by atoms with E-state index in [2.05, 4.69) is 16.4 Å². The van der Waals surface area contributed by atoms with E-state index in [0.29, 0.717) is 16.5 Å². The van der Waals surface area contributed by atoms with Crippen LogP contribution >= 0.6 is 11.6 Å². The van der Waals surface area contributed by atoms with Crippen LogP contribution in [0.2, 0.25) is 5.15 Å². The van der Waals surface area contributed by atoms with Gasteiger partial charge >= 0.3 is 0 Å². The Morgan fingerprint density at radius 3 is 2.94 bits per heavy atom. The molecule has 16 heavy (non-hydrogen) atoms. The molecule has 1 aromatic heterocycles. The molecule has 1 N–H and O–H groups in total. The number of nitrogens with zero attached hydrogens (tertiary/aromatic N) is 2. The number of aromatic nitrogens is 1. The maximum atomic E-state index is 8.78. The molecule has 0 spiro atoms. The molecule has 3 nitrogen and oxygen atoms in total. The van der Waals surface area contributed by atoms with Gasteiger partial charge in [-0.3, -0.25) is 0 Å². The van der Waals surface area contributed by atoms with E-state index >= 15 is 0 Å². The van der Waals surface area contributed by atoms with E-state index in [9.17, 15) is 0 Å². The third-order valence-corrected chi connectivity index (χ3v) is 3.20. The minimum atomic E-state index is 0.366. The summed E-state index contributed by atoms with van der Waals surface area (Å²) in [5.41, 5.74) is 0.547. The third kappa shape index (κ3) is 2.86. The van der Waals surface area contributed by atoms with Crippen LogP contribution in [0.1, 0.15) is 31.2 Å². The number of anilines is 1. The highest BCUT2D eigenvalue weighted by Crippen LogP contribution is 2.29. The molecule has 1 aliphatic carbocycles. The molecule has 0 bridgehead atoms. The van der Waals surface area contributed by atoms with Crippen molar-refractivity contribution in [1.29, 1.82) is 5.26 Å². The SMILES string of the molecule is N#Cc1cc(Cl)nc(NCCC2CCC2)c1. The highest BCUT2D eigenvalue weighted by atomic mass is 35.5.